The first kappa shape index (κ1) is 22.3. The number of carbonyl (C=O) groups excluding carboxylic acids is 1. The van der Waals surface area contributed by atoms with Crippen molar-refractivity contribution in [1.82, 2.24) is 14.5 Å². The van der Waals surface area contributed by atoms with E-state index in [-0.39, 0.29) is 15.9 Å². The molecule has 164 valence electrons. The first-order valence-corrected chi connectivity index (χ1v) is 11.9. The van der Waals surface area contributed by atoms with Crippen molar-refractivity contribution in [3.05, 3.63) is 81.7 Å². The molecule has 6 nitrogen and oxygen atoms in total. The molecule has 0 atom stereocenters. The molecule has 0 aliphatic heterocycles. The van der Waals surface area contributed by atoms with Gasteiger partial charge in [0.25, 0.3) is 5.91 Å². The van der Waals surface area contributed by atoms with E-state index >= 15 is 4.39 Å². The fourth-order valence-electron chi connectivity index (χ4n) is 3.39. The van der Waals surface area contributed by atoms with Gasteiger partial charge in [-0.25, -0.2) is 22.2 Å². The smallest absolute Gasteiger partial charge is 0.267 e. The maximum Gasteiger partial charge on any atom is 0.267 e. The minimum Gasteiger partial charge on any atom is -0.268 e. The molecule has 10 heteroatoms. The van der Waals surface area contributed by atoms with Crippen LogP contribution in [0.25, 0.3) is 27.7 Å². The third kappa shape index (κ3) is 4.34. The summed E-state index contributed by atoms with van der Waals surface area (Å²) in [4.78, 5) is 12.3. The zero-order valence-corrected chi connectivity index (χ0v) is 19.2. The molecule has 1 N–H and O–H groups in total. The molecule has 4 aromatic rings. The summed E-state index contributed by atoms with van der Waals surface area (Å²) in [5, 5.41) is 4.96. The highest BCUT2D eigenvalue weighted by atomic mass is 35.5. The summed E-state index contributed by atoms with van der Waals surface area (Å²) >= 11 is 12.4. The van der Waals surface area contributed by atoms with E-state index < -0.39 is 27.3 Å². The lowest BCUT2D eigenvalue weighted by Gasteiger charge is -2.11. The maximum atomic E-state index is 15.3. The number of carbonyl (C=O) groups is 1. The summed E-state index contributed by atoms with van der Waals surface area (Å²) in [6, 6.07) is 15.7. The molecule has 0 radical (unpaired) electrons. The van der Waals surface area contributed by atoms with Crippen LogP contribution in [0.3, 0.4) is 0 Å². The van der Waals surface area contributed by atoms with Crippen LogP contribution >= 0.6 is 23.2 Å². The van der Waals surface area contributed by atoms with E-state index in [9.17, 15) is 13.2 Å². The average Bonchev–Trinajstić information content (AvgIpc) is 3.04. The quantitative estimate of drug-likeness (QED) is 0.428. The Bertz CT molecular complexity index is 1500. The van der Waals surface area contributed by atoms with Gasteiger partial charge in [0.2, 0.25) is 10.0 Å². The van der Waals surface area contributed by atoms with Crippen molar-refractivity contribution in [1.29, 1.82) is 0 Å². The topological polar surface area (TPSA) is 81.1 Å². The van der Waals surface area contributed by atoms with Crippen molar-refractivity contribution in [2.24, 2.45) is 0 Å². The van der Waals surface area contributed by atoms with Crippen LogP contribution in [0, 0.1) is 12.7 Å². The maximum absolute atomic E-state index is 15.3. The highest BCUT2D eigenvalue weighted by Crippen LogP contribution is 2.32. The van der Waals surface area contributed by atoms with Crippen molar-refractivity contribution >= 4 is 50.0 Å². The van der Waals surface area contributed by atoms with Gasteiger partial charge in [0, 0.05) is 10.4 Å². The zero-order chi connectivity index (χ0) is 23.2. The fourth-order valence-corrected chi connectivity index (χ4v) is 4.27. The van der Waals surface area contributed by atoms with Crippen LogP contribution in [0.4, 0.5) is 4.39 Å². The fraction of sp³-hybridized carbons (Fsp3) is 0.0909. The van der Waals surface area contributed by atoms with Crippen LogP contribution in [-0.2, 0) is 10.0 Å². The van der Waals surface area contributed by atoms with Crippen LogP contribution in [0.15, 0.2) is 54.6 Å². The van der Waals surface area contributed by atoms with E-state index in [0.29, 0.717) is 10.9 Å². The Morgan fingerprint density at radius 3 is 2.47 bits per heavy atom. The van der Waals surface area contributed by atoms with Gasteiger partial charge in [0.15, 0.2) is 11.0 Å². The molecule has 0 aliphatic rings. The number of amides is 1. The molecule has 1 amide bonds. The number of nitrogens with zero attached hydrogens (tertiary/aromatic N) is 2. The molecule has 0 aliphatic carbocycles. The molecule has 0 fully saturated rings. The zero-order valence-electron chi connectivity index (χ0n) is 16.9. The van der Waals surface area contributed by atoms with E-state index in [4.69, 9.17) is 23.2 Å². The lowest BCUT2D eigenvalue weighted by atomic mass is 10.0. The summed E-state index contributed by atoms with van der Waals surface area (Å²) in [6.07, 6.45) is 0.793. The molecule has 0 saturated carbocycles. The van der Waals surface area contributed by atoms with Gasteiger partial charge in [0.05, 0.1) is 17.3 Å². The summed E-state index contributed by atoms with van der Waals surface area (Å²) in [7, 11) is -3.90. The number of nitrogens with one attached hydrogen (secondary N) is 1. The van der Waals surface area contributed by atoms with Crippen LogP contribution in [-0.4, -0.2) is 30.4 Å². The summed E-state index contributed by atoms with van der Waals surface area (Å²) < 4.78 is 41.0. The van der Waals surface area contributed by atoms with E-state index in [1.165, 1.54) is 10.7 Å². The second-order valence-electron chi connectivity index (χ2n) is 7.29. The second-order valence-corrected chi connectivity index (χ2v) is 9.84. The number of benzene rings is 3. The first-order valence-electron chi connectivity index (χ1n) is 9.30. The highest BCUT2D eigenvalue weighted by molar-refractivity contribution is 7.89. The molecule has 0 spiro atoms. The number of hydrogen-bond acceptors (Lipinski definition) is 4. The van der Waals surface area contributed by atoms with Crippen molar-refractivity contribution < 1.29 is 17.6 Å². The van der Waals surface area contributed by atoms with Crippen molar-refractivity contribution in [2.75, 3.05) is 6.26 Å². The third-order valence-electron chi connectivity index (χ3n) is 4.76. The summed E-state index contributed by atoms with van der Waals surface area (Å²) in [6.45, 7) is 1.99. The monoisotopic (exact) mass is 491 g/mol. The van der Waals surface area contributed by atoms with Gasteiger partial charge in [-0.3, -0.25) is 4.79 Å². The van der Waals surface area contributed by atoms with E-state index in [1.807, 2.05) is 43.3 Å². The number of aromatic nitrogens is 2. The molecule has 0 unspecified atom stereocenters. The van der Waals surface area contributed by atoms with E-state index in [1.54, 1.807) is 10.8 Å². The predicted octanol–water partition coefficient (Wildman–Crippen LogP) is 5.14. The van der Waals surface area contributed by atoms with Crippen LogP contribution in [0.1, 0.15) is 15.9 Å². The molecule has 4 rings (SSSR count). The average molecular weight is 492 g/mol. The van der Waals surface area contributed by atoms with Gasteiger partial charge in [0.1, 0.15) is 5.69 Å². The number of sulfonamides is 1. The minimum atomic E-state index is -3.90. The van der Waals surface area contributed by atoms with E-state index in [2.05, 4.69) is 5.10 Å². The van der Waals surface area contributed by atoms with Gasteiger partial charge < -0.3 is 0 Å². The molecule has 1 aromatic heterocycles. The first-order chi connectivity index (χ1) is 15.0. The van der Waals surface area contributed by atoms with Crippen LogP contribution in [0.2, 0.25) is 10.2 Å². The lowest BCUT2D eigenvalue weighted by Crippen LogP contribution is -2.30. The van der Waals surface area contributed by atoms with Crippen molar-refractivity contribution in [3.63, 3.8) is 0 Å². The molecule has 0 saturated heterocycles. The third-order valence-corrected chi connectivity index (χ3v) is 5.81. The number of halogens is 3. The Kier molecular flexibility index (Phi) is 5.70. The Balaban J connectivity index is 1.86. The van der Waals surface area contributed by atoms with Gasteiger partial charge in [-0.1, -0.05) is 59.1 Å². The Morgan fingerprint density at radius 2 is 1.78 bits per heavy atom. The standard InChI is InChI=1S/C22H16Cl2FN3O3S/c1-12-4-3-5-13(8-12)14-6-7-18-16(9-14)21(24)26-28(18)19-11-15(23)10-17(20(19)25)22(29)27-32(2,30)31/h3-11H,1-2H3,(H,27,29). The predicted molar refractivity (Wildman–Crippen MR) is 124 cm³/mol. The van der Waals surface area contributed by atoms with Crippen LogP contribution < -0.4 is 4.72 Å². The van der Waals surface area contributed by atoms with Crippen LogP contribution in [0.5, 0.6) is 0 Å². The Hall–Kier alpha value is -2.94. The number of fused-ring (bicyclic) bond motifs is 1. The molecular formula is C22H16Cl2FN3O3S. The van der Waals surface area contributed by atoms with Gasteiger partial charge in [-0.05, 0) is 42.3 Å². The molecule has 0 bridgehead atoms. The highest BCUT2D eigenvalue weighted by Gasteiger charge is 2.22. The van der Waals surface area contributed by atoms with E-state index in [0.717, 1.165) is 29.0 Å². The second kappa shape index (κ2) is 8.20. The van der Waals surface area contributed by atoms with Gasteiger partial charge in [-0.15, -0.1) is 0 Å². The molecular weight excluding hydrogens is 476 g/mol. The number of aryl methyl sites for hydroxylation is 1. The normalized spacial score (nSPS) is 11.7. The summed E-state index contributed by atoms with van der Waals surface area (Å²) in [5.74, 6) is -2.13. The minimum absolute atomic E-state index is 0.0243. The molecule has 32 heavy (non-hydrogen) atoms. The number of hydrogen-bond donors (Lipinski definition) is 1. The van der Waals surface area contributed by atoms with Crippen molar-refractivity contribution in [2.45, 2.75) is 6.92 Å². The Labute approximate surface area is 193 Å². The summed E-state index contributed by atoms with van der Waals surface area (Å²) in [5.41, 5.74) is 2.81. The van der Waals surface area contributed by atoms with Crippen molar-refractivity contribution in [3.8, 4) is 16.8 Å². The lowest BCUT2D eigenvalue weighted by molar-refractivity contribution is 0.0977. The molecule has 3 aromatic carbocycles. The molecule has 1 heterocycles. The SMILES string of the molecule is Cc1cccc(-c2ccc3c(c2)c(Cl)nn3-c2cc(Cl)cc(C(=O)NS(C)(=O)=O)c2F)c1. The Morgan fingerprint density at radius 1 is 1.06 bits per heavy atom. The number of rotatable bonds is 4. The largest absolute Gasteiger partial charge is 0.268 e. The van der Waals surface area contributed by atoms with Gasteiger partial charge in [-0.2, -0.15) is 5.10 Å². The van der Waals surface area contributed by atoms with Gasteiger partial charge >= 0.3 is 0 Å².